The summed E-state index contributed by atoms with van der Waals surface area (Å²) in [6, 6.07) is 10.8. The van der Waals surface area contributed by atoms with Gasteiger partial charge < -0.3 is 37.6 Å². The van der Waals surface area contributed by atoms with Crippen molar-refractivity contribution in [3.05, 3.63) is 58.4 Å². The number of para-hydroxylation sites is 1. The number of nitrogens with zero attached hydrogens (tertiary/aromatic N) is 5. The van der Waals surface area contributed by atoms with E-state index < -0.39 is 44.4 Å². The molecule has 3 aromatic rings. The van der Waals surface area contributed by atoms with Crippen LogP contribution in [0.3, 0.4) is 0 Å². The van der Waals surface area contributed by atoms with E-state index in [0.717, 1.165) is 0 Å². The van der Waals surface area contributed by atoms with E-state index >= 15 is 0 Å². The van der Waals surface area contributed by atoms with Crippen molar-refractivity contribution in [2.45, 2.75) is 44.3 Å². The van der Waals surface area contributed by atoms with E-state index in [0.29, 0.717) is 12.2 Å². The maximum Gasteiger partial charge on any atom is 0.280 e. The summed E-state index contributed by atoms with van der Waals surface area (Å²) >= 11 is 0. The number of imidazole rings is 1. The topological polar surface area (TPSA) is 185 Å². The zero-order valence-electron chi connectivity index (χ0n) is 24.8. The highest BCUT2D eigenvalue weighted by Gasteiger charge is 2.48. The van der Waals surface area contributed by atoms with Crippen molar-refractivity contribution < 1.29 is 37.5 Å². The molecule has 1 amide bonds. The number of carbonyl (C=O) groups excluding carboxylic acids is 1. The van der Waals surface area contributed by atoms with Gasteiger partial charge in [-0.15, -0.1) is 0 Å². The summed E-state index contributed by atoms with van der Waals surface area (Å²) < 4.78 is 42.2. The zero-order valence-corrected chi connectivity index (χ0v) is 25.7. The molecule has 0 bridgehead atoms. The number of amides is 1. The van der Waals surface area contributed by atoms with Crippen LogP contribution in [0.5, 0.6) is 5.75 Å². The minimum absolute atomic E-state index is 0.0238. The van der Waals surface area contributed by atoms with Crippen molar-refractivity contribution in [2.75, 3.05) is 51.9 Å². The Bertz CT molecular complexity index is 1520. The molecule has 5 atom stereocenters. The first-order chi connectivity index (χ1) is 21.9. The van der Waals surface area contributed by atoms with Gasteiger partial charge in [0, 0.05) is 6.66 Å². The molecule has 2 N–H and O–H groups in total. The molecule has 0 saturated carbocycles. The lowest BCUT2D eigenvalue weighted by Gasteiger charge is -2.26. The van der Waals surface area contributed by atoms with Crippen LogP contribution in [0, 0.1) is 17.9 Å². The number of benzene rings is 1. The second kappa shape index (κ2) is 17.5. The van der Waals surface area contributed by atoms with Gasteiger partial charge in [-0.3, -0.25) is 24.5 Å². The first-order valence-electron chi connectivity index (χ1n) is 14.1. The molecule has 1 saturated heterocycles. The predicted octanol–water partition coefficient (Wildman–Crippen LogP) is 2.95. The number of fused-ring (bicyclic) bond motifs is 1. The predicted molar refractivity (Wildman–Crippen MR) is 160 cm³/mol. The summed E-state index contributed by atoms with van der Waals surface area (Å²) in [6.07, 6.45) is -0.533. The fraction of sp³-hybridized carbons (Fsp3) is 0.500. The number of ether oxygens (including phenoxy) is 5. The van der Waals surface area contributed by atoms with Crippen molar-refractivity contribution in [3.63, 3.8) is 0 Å². The van der Waals surface area contributed by atoms with Gasteiger partial charge >= 0.3 is 0 Å². The Labute approximate surface area is 260 Å². The van der Waals surface area contributed by atoms with Crippen LogP contribution in [0.4, 0.5) is 5.95 Å². The van der Waals surface area contributed by atoms with Crippen LogP contribution >= 0.6 is 8.38 Å². The molecule has 0 radical (unpaired) electrons. The molecule has 1 aliphatic rings. The van der Waals surface area contributed by atoms with E-state index in [2.05, 4.69) is 25.1 Å². The van der Waals surface area contributed by atoms with E-state index in [1.54, 1.807) is 35.5 Å². The molecule has 17 heteroatoms. The van der Waals surface area contributed by atoms with Crippen LogP contribution in [0.2, 0.25) is 0 Å². The molecule has 1 aliphatic heterocycles. The van der Waals surface area contributed by atoms with Crippen molar-refractivity contribution in [1.82, 2.24) is 19.5 Å². The first kappa shape index (κ1) is 33.9. The minimum atomic E-state index is -1.40. The van der Waals surface area contributed by atoms with E-state index in [4.69, 9.17) is 44.6 Å². The Morgan fingerprint density at radius 1 is 1.24 bits per heavy atom. The fourth-order valence-corrected chi connectivity index (χ4v) is 5.38. The average Bonchev–Trinajstić information content (AvgIpc) is 3.61. The molecule has 1 aromatic carbocycles. The minimum Gasteiger partial charge on any atom is -0.484 e. The first-order valence-corrected chi connectivity index (χ1v) is 15.7. The van der Waals surface area contributed by atoms with Gasteiger partial charge in [-0.2, -0.15) is 10.2 Å². The monoisotopic (exact) mass is 643 g/mol. The fourth-order valence-electron chi connectivity index (χ4n) is 4.38. The number of hydrogen-bond acceptors (Lipinski definition) is 12. The van der Waals surface area contributed by atoms with Gasteiger partial charge in [-0.1, -0.05) is 25.1 Å². The maximum absolute atomic E-state index is 12.9. The molecule has 1 fully saturated rings. The number of nitrogens with one attached hydrogen (secondary N) is 2. The van der Waals surface area contributed by atoms with Gasteiger partial charge in [-0.05, 0) is 18.6 Å². The van der Waals surface area contributed by atoms with Crippen LogP contribution in [-0.2, 0) is 32.8 Å². The molecule has 2 aromatic heterocycles. The van der Waals surface area contributed by atoms with Crippen LogP contribution in [-0.4, -0.2) is 90.4 Å². The molecule has 4 rings (SSSR count). The van der Waals surface area contributed by atoms with E-state index in [-0.39, 0.29) is 63.5 Å². The lowest BCUT2D eigenvalue weighted by Crippen LogP contribution is -2.36. The summed E-state index contributed by atoms with van der Waals surface area (Å²) in [7, 11) is -1.40. The summed E-state index contributed by atoms with van der Waals surface area (Å²) in [4.78, 5) is 40.0. The standard InChI is InChI=1S/C28H34N7O9P/c1-4-20-23(44-45(3)42-14-12-30-2)24(41-18-39-17-38-13-8-11-29)27(43-20)35-16-31-22-25(35)33-28(34-26(22)37)32-21(36)15-40-19-9-6-5-7-10-19/h5-7,9-10,16,20,23-24,27H,4,8,12-15,17-18H2,1,3H3,(H2,32,33,34,36,37)/t20-,23?,24+,27-,45?/m1/s1. The van der Waals surface area contributed by atoms with Crippen LogP contribution < -0.4 is 15.6 Å². The Hall–Kier alpha value is -3.99. The number of H-pyrrole nitrogens is 1. The highest BCUT2D eigenvalue weighted by molar-refractivity contribution is 7.46. The van der Waals surface area contributed by atoms with Gasteiger partial charge in [0.2, 0.25) is 12.5 Å². The molecule has 0 spiro atoms. The maximum atomic E-state index is 12.9. The molecule has 240 valence electrons. The van der Waals surface area contributed by atoms with Gasteiger partial charge in [0.05, 0.1) is 31.5 Å². The van der Waals surface area contributed by atoms with Crippen molar-refractivity contribution in [2.24, 2.45) is 0 Å². The molecular formula is C28H34N7O9P. The van der Waals surface area contributed by atoms with Crippen molar-refractivity contribution >= 4 is 31.4 Å². The molecule has 45 heavy (non-hydrogen) atoms. The smallest absolute Gasteiger partial charge is 0.280 e. The van der Waals surface area contributed by atoms with Gasteiger partial charge in [-0.25, -0.2) is 11.6 Å². The van der Waals surface area contributed by atoms with Gasteiger partial charge in [0.1, 0.15) is 38.2 Å². The summed E-state index contributed by atoms with van der Waals surface area (Å²) in [6.45, 7) is 10.7. The lowest BCUT2D eigenvalue weighted by molar-refractivity contribution is -0.173. The van der Waals surface area contributed by atoms with Crippen LogP contribution in [0.25, 0.3) is 16.0 Å². The van der Waals surface area contributed by atoms with Crippen molar-refractivity contribution in [1.29, 1.82) is 5.26 Å². The van der Waals surface area contributed by atoms with E-state index in [9.17, 15) is 9.59 Å². The third-order valence-corrected chi connectivity index (χ3v) is 7.47. The highest BCUT2D eigenvalue weighted by atomic mass is 31.2. The number of aromatic amines is 1. The third kappa shape index (κ3) is 9.50. The number of aromatic nitrogens is 4. The SMILES string of the molecule is [C-]#[N+]CCOP(C)OC1[C@@H](CC)O[C@@H](n2cnc3c(=O)[nH]c(NC(=O)COc4ccccc4)nc32)[C@H]1OCOCOCCC#N. The second-order valence-corrected chi connectivity index (χ2v) is 10.8. The molecule has 2 unspecified atom stereocenters. The Morgan fingerprint density at radius 3 is 2.82 bits per heavy atom. The molecule has 3 heterocycles. The number of nitriles is 1. The van der Waals surface area contributed by atoms with Crippen molar-refractivity contribution in [3.8, 4) is 11.8 Å². The van der Waals surface area contributed by atoms with Crippen LogP contribution in [0.1, 0.15) is 26.0 Å². The Morgan fingerprint density at radius 2 is 2.07 bits per heavy atom. The zero-order chi connectivity index (χ0) is 32.0. The third-order valence-electron chi connectivity index (χ3n) is 6.38. The largest absolute Gasteiger partial charge is 0.484 e. The highest BCUT2D eigenvalue weighted by Crippen LogP contribution is 2.44. The summed E-state index contributed by atoms with van der Waals surface area (Å²) in [5.74, 6) is -0.122. The molecular weight excluding hydrogens is 609 g/mol. The Balaban J connectivity index is 1.54. The Kier molecular flexibility index (Phi) is 13.2. The van der Waals surface area contributed by atoms with E-state index in [1.165, 1.54) is 6.33 Å². The summed E-state index contributed by atoms with van der Waals surface area (Å²) in [5, 5.41) is 11.2. The number of carbonyl (C=O) groups is 1. The molecule has 0 aliphatic carbocycles. The molecule has 16 nitrogen and oxygen atoms in total. The van der Waals surface area contributed by atoms with Gasteiger partial charge in [0.15, 0.2) is 32.4 Å². The van der Waals surface area contributed by atoms with Gasteiger partial charge in [0.25, 0.3) is 11.5 Å². The number of rotatable bonds is 18. The quantitative estimate of drug-likeness (QED) is 0.0895. The second-order valence-electron chi connectivity index (χ2n) is 9.47. The number of anilines is 1. The average molecular weight is 644 g/mol. The lowest BCUT2D eigenvalue weighted by atomic mass is 10.1. The number of hydrogen-bond donors (Lipinski definition) is 2. The summed E-state index contributed by atoms with van der Waals surface area (Å²) in [5.41, 5.74) is -0.410. The normalized spacial score (nSPS) is 20.0. The van der Waals surface area contributed by atoms with E-state index in [1.807, 2.05) is 19.1 Å². The van der Waals surface area contributed by atoms with Crippen LogP contribution in [0.15, 0.2) is 41.5 Å².